The lowest BCUT2D eigenvalue weighted by Gasteiger charge is -2.03. The van der Waals surface area contributed by atoms with Gasteiger partial charge >= 0.3 is 0 Å². The molecule has 0 amide bonds. The molecule has 0 heterocycles. The van der Waals surface area contributed by atoms with Crippen LogP contribution in [0.3, 0.4) is 0 Å². The zero-order chi connectivity index (χ0) is 15.2. The van der Waals surface area contributed by atoms with Crippen molar-refractivity contribution in [3.63, 3.8) is 0 Å². The first-order chi connectivity index (χ1) is 10.1. The van der Waals surface area contributed by atoms with Gasteiger partial charge < -0.3 is 17.2 Å². The second-order valence-electron chi connectivity index (χ2n) is 4.25. The number of hydrogen-bond acceptors (Lipinski definition) is 2. The fourth-order valence-corrected chi connectivity index (χ4v) is 1.81. The van der Waals surface area contributed by atoms with Crippen molar-refractivity contribution in [2.45, 2.75) is 0 Å². The number of nitriles is 1. The van der Waals surface area contributed by atoms with Gasteiger partial charge in [-0.05, 0) is 35.4 Å². The molecule has 104 valence electrons. The molecule has 0 fully saturated rings. The Bertz CT molecular complexity index is 751. The van der Waals surface area contributed by atoms with Gasteiger partial charge in [0.25, 0.3) is 0 Å². The third kappa shape index (κ3) is 3.81. The molecule has 0 spiro atoms. The summed E-state index contributed by atoms with van der Waals surface area (Å²) in [7, 11) is 0. The number of rotatable bonds is 2. The van der Waals surface area contributed by atoms with E-state index in [4.69, 9.17) is 22.5 Å². The standard InChI is InChI=1S/C15H14N6/c16-9-10-3-1-4-11(7-10)12-5-2-6-13(8-12)20-15(19)21-14(17)18/h1-8H,(H6,17,18,19,20,21). The summed E-state index contributed by atoms with van der Waals surface area (Å²) in [6.45, 7) is 0. The third-order valence-electron chi connectivity index (χ3n) is 2.66. The Labute approximate surface area is 122 Å². The third-order valence-corrected chi connectivity index (χ3v) is 2.66. The van der Waals surface area contributed by atoms with Gasteiger partial charge in [0, 0.05) is 0 Å². The maximum absolute atomic E-state index is 8.94. The number of nitrogens with zero attached hydrogens (tertiary/aromatic N) is 3. The molecule has 0 radical (unpaired) electrons. The molecule has 0 aliphatic heterocycles. The van der Waals surface area contributed by atoms with Crippen molar-refractivity contribution in [3.8, 4) is 17.2 Å². The van der Waals surface area contributed by atoms with Crippen LogP contribution in [0.1, 0.15) is 5.56 Å². The molecule has 0 aliphatic carbocycles. The number of guanidine groups is 2. The monoisotopic (exact) mass is 278 g/mol. The molecule has 2 rings (SSSR count). The summed E-state index contributed by atoms with van der Waals surface area (Å²) in [6, 6.07) is 16.8. The van der Waals surface area contributed by atoms with Crippen LogP contribution in [-0.4, -0.2) is 11.9 Å². The van der Waals surface area contributed by atoms with Crippen molar-refractivity contribution in [2.75, 3.05) is 0 Å². The Kier molecular flexibility index (Phi) is 4.17. The first kappa shape index (κ1) is 14.1. The summed E-state index contributed by atoms with van der Waals surface area (Å²) in [5.41, 5.74) is 19.1. The van der Waals surface area contributed by atoms with Crippen LogP contribution < -0.4 is 17.2 Å². The first-order valence-electron chi connectivity index (χ1n) is 6.13. The SMILES string of the molecule is N#Cc1cccc(-c2cccc(N=C(N)N=C(N)N)c2)c1. The summed E-state index contributed by atoms with van der Waals surface area (Å²) in [5, 5.41) is 8.94. The van der Waals surface area contributed by atoms with Crippen LogP contribution in [0.4, 0.5) is 5.69 Å². The van der Waals surface area contributed by atoms with Crippen LogP contribution in [0.25, 0.3) is 11.1 Å². The Hall–Kier alpha value is -3.33. The van der Waals surface area contributed by atoms with Gasteiger partial charge in [0.15, 0.2) is 5.96 Å². The summed E-state index contributed by atoms with van der Waals surface area (Å²) in [4.78, 5) is 7.77. The van der Waals surface area contributed by atoms with Gasteiger partial charge in [0.1, 0.15) is 0 Å². The highest BCUT2D eigenvalue weighted by atomic mass is 15.1. The average molecular weight is 278 g/mol. The average Bonchev–Trinajstić information content (AvgIpc) is 2.46. The van der Waals surface area contributed by atoms with Crippen LogP contribution in [0.2, 0.25) is 0 Å². The maximum atomic E-state index is 8.94. The highest BCUT2D eigenvalue weighted by molar-refractivity contribution is 5.93. The summed E-state index contributed by atoms with van der Waals surface area (Å²) in [6.07, 6.45) is 0. The van der Waals surface area contributed by atoms with Gasteiger partial charge in [-0.2, -0.15) is 10.3 Å². The van der Waals surface area contributed by atoms with Gasteiger partial charge in [0.2, 0.25) is 5.96 Å². The quantitative estimate of drug-likeness (QED) is 0.567. The fourth-order valence-electron chi connectivity index (χ4n) is 1.81. The zero-order valence-electron chi connectivity index (χ0n) is 11.2. The molecule has 0 unspecified atom stereocenters. The molecule has 0 aromatic heterocycles. The van der Waals surface area contributed by atoms with Gasteiger partial charge in [-0.25, -0.2) is 4.99 Å². The number of benzene rings is 2. The van der Waals surface area contributed by atoms with Crippen LogP contribution in [0.5, 0.6) is 0 Å². The molecule has 0 atom stereocenters. The number of aliphatic imine (C=N–C) groups is 2. The molecule has 0 bridgehead atoms. The Balaban J connectivity index is 2.38. The highest BCUT2D eigenvalue weighted by Crippen LogP contribution is 2.24. The topological polar surface area (TPSA) is 127 Å². The number of nitrogens with two attached hydrogens (primary N) is 3. The van der Waals surface area contributed by atoms with Crippen LogP contribution in [-0.2, 0) is 0 Å². The zero-order valence-corrected chi connectivity index (χ0v) is 11.2. The molecular weight excluding hydrogens is 264 g/mol. The van der Waals surface area contributed by atoms with E-state index in [1.807, 2.05) is 36.4 Å². The minimum absolute atomic E-state index is 0.0158. The molecule has 2 aromatic rings. The molecule has 0 saturated heterocycles. The van der Waals surface area contributed by atoms with Gasteiger partial charge in [-0.3, -0.25) is 0 Å². The summed E-state index contributed by atoms with van der Waals surface area (Å²) in [5.74, 6) is -0.160. The lowest BCUT2D eigenvalue weighted by atomic mass is 10.0. The molecule has 2 aromatic carbocycles. The molecular formula is C15H14N6. The van der Waals surface area contributed by atoms with E-state index in [9.17, 15) is 0 Å². The van der Waals surface area contributed by atoms with Gasteiger partial charge in [0.05, 0.1) is 17.3 Å². The van der Waals surface area contributed by atoms with E-state index in [2.05, 4.69) is 16.1 Å². The van der Waals surface area contributed by atoms with E-state index < -0.39 is 0 Å². The molecule has 6 heteroatoms. The van der Waals surface area contributed by atoms with Crippen molar-refractivity contribution >= 4 is 17.6 Å². The van der Waals surface area contributed by atoms with Crippen molar-refractivity contribution in [3.05, 3.63) is 54.1 Å². The predicted molar refractivity (Wildman–Crippen MR) is 83.7 cm³/mol. The smallest absolute Gasteiger partial charge is 0.223 e. The Morgan fingerprint density at radius 2 is 1.62 bits per heavy atom. The maximum Gasteiger partial charge on any atom is 0.223 e. The minimum Gasteiger partial charge on any atom is -0.370 e. The largest absolute Gasteiger partial charge is 0.370 e. The lowest BCUT2D eigenvalue weighted by Crippen LogP contribution is -2.26. The minimum atomic E-state index is -0.144. The summed E-state index contributed by atoms with van der Waals surface area (Å²) >= 11 is 0. The fraction of sp³-hybridized carbons (Fsp3) is 0. The van der Waals surface area contributed by atoms with Crippen molar-refractivity contribution in [1.29, 1.82) is 5.26 Å². The van der Waals surface area contributed by atoms with E-state index in [0.717, 1.165) is 11.1 Å². The molecule has 0 aliphatic rings. The first-order valence-corrected chi connectivity index (χ1v) is 6.13. The van der Waals surface area contributed by atoms with Gasteiger partial charge in [-0.15, -0.1) is 0 Å². The second-order valence-corrected chi connectivity index (χ2v) is 4.25. The molecule has 6 N–H and O–H groups in total. The molecule has 0 saturated carbocycles. The second kappa shape index (κ2) is 6.21. The van der Waals surface area contributed by atoms with Crippen LogP contribution in [0.15, 0.2) is 58.5 Å². The lowest BCUT2D eigenvalue weighted by molar-refractivity contribution is 1.38. The normalized spacial score (nSPS) is 10.7. The van der Waals surface area contributed by atoms with Crippen molar-refractivity contribution in [2.24, 2.45) is 27.2 Å². The van der Waals surface area contributed by atoms with E-state index in [1.54, 1.807) is 12.1 Å². The van der Waals surface area contributed by atoms with E-state index in [0.29, 0.717) is 11.3 Å². The van der Waals surface area contributed by atoms with Crippen LogP contribution in [0, 0.1) is 11.3 Å². The van der Waals surface area contributed by atoms with E-state index >= 15 is 0 Å². The molecule has 21 heavy (non-hydrogen) atoms. The van der Waals surface area contributed by atoms with E-state index in [1.165, 1.54) is 0 Å². The Morgan fingerprint density at radius 1 is 0.952 bits per heavy atom. The Morgan fingerprint density at radius 3 is 2.29 bits per heavy atom. The van der Waals surface area contributed by atoms with E-state index in [-0.39, 0.29) is 11.9 Å². The van der Waals surface area contributed by atoms with Crippen molar-refractivity contribution in [1.82, 2.24) is 0 Å². The highest BCUT2D eigenvalue weighted by Gasteiger charge is 2.01. The summed E-state index contributed by atoms with van der Waals surface area (Å²) < 4.78 is 0. The molecule has 6 nitrogen and oxygen atoms in total. The van der Waals surface area contributed by atoms with Crippen LogP contribution >= 0.6 is 0 Å². The predicted octanol–water partition coefficient (Wildman–Crippen LogP) is 1.44. The van der Waals surface area contributed by atoms with Gasteiger partial charge in [-0.1, -0.05) is 24.3 Å². The van der Waals surface area contributed by atoms with Crippen molar-refractivity contribution < 1.29 is 0 Å². The number of hydrogen-bond donors (Lipinski definition) is 3.